The first-order valence-electron chi connectivity index (χ1n) is 3.39. The molecular weight excluding hydrogens is 112 g/mol. The summed E-state index contributed by atoms with van der Waals surface area (Å²) in [5, 5.41) is 8.48. The van der Waals surface area contributed by atoms with E-state index in [0.29, 0.717) is 12.5 Å². The molecule has 0 heterocycles. The third kappa shape index (κ3) is 2.02. The fourth-order valence-electron chi connectivity index (χ4n) is 0.997. The summed E-state index contributed by atoms with van der Waals surface area (Å²) >= 11 is 0. The van der Waals surface area contributed by atoms with Crippen molar-refractivity contribution in [3.8, 4) is 0 Å². The van der Waals surface area contributed by atoms with Crippen molar-refractivity contribution in [3.05, 3.63) is 24.3 Å². The highest BCUT2D eigenvalue weighted by atomic mass is 16.2. The maximum absolute atomic E-state index is 8.48. The van der Waals surface area contributed by atoms with Gasteiger partial charge in [-0.1, -0.05) is 24.3 Å². The minimum Gasteiger partial charge on any atom is -0.396 e. The Morgan fingerprint density at radius 1 is 1.22 bits per heavy atom. The summed E-state index contributed by atoms with van der Waals surface area (Å²) in [6, 6.07) is 0. The highest BCUT2D eigenvalue weighted by Crippen LogP contribution is 2.14. The Balaban J connectivity index is 2.13. The van der Waals surface area contributed by atoms with Crippen molar-refractivity contribution in [1.82, 2.24) is 0 Å². The predicted octanol–water partition coefficient (Wildman–Crippen LogP) is 1.50. The zero-order valence-corrected chi connectivity index (χ0v) is 5.46. The molecule has 0 saturated heterocycles. The van der Waals surface area contributed by atoms with Crippen LogP contribution in [0, 0.1) is 5.92 Å². The highest BCUT2D eigenvalue weighted by molar-refractivity contribution is 5.17. The first kappa shape index (κ1) is 6.56. The van der Waals surface area contributed by atoms with Gasteiger partial charge in [0.25, 0.3) is 0 Å². The van der Waals surface area contributed by atoms with Crippen LogP contribution in [-0.2, 0) is 0 Å². The average molecular weight is 124 g/mol. The van der Waals surface area contributed by atoms with Crippen molar-refractivity contribution in [1.29, 1.82) is 0 Å². The van der Waals surface area contributed by atoms with Gasteiger partial charge in [-0.25, -0.2) is 0 Å². The maximum Gasteiger partial charge on any atom is 0.0431 e. The lowest BCUT2D eigenvalue weighted by atomic mass is 10.1. The third-order valence-corrected chi connectivity index (χ3v) is 1.52. The number of allylic oxidation sites excluding steroid dienone is 4. The first-order chi connectivity index (χ1) is 4.43. The van der Waals surface area contributed by atoms with E-state index < -0.39 is 0 Å². The van der Waals surface area contributed by atoms with Crippen LogP contribution in [0.2, 0.25) is 0 Å². The molecule has 0 aromatic carbocycles. The summed E-state index contributed by atoms with van der Waals surface area (Å²) in [5.41, 5.74) is 0. The van der Waals surface area contributed by atoms with Crippen LogP contribution in [0.4, 0.5) is 0 Å². The molecule has 1 aliphatic rings. The van der Waals surface area contributed by atoms with Crippen LogP contribution in [0.15, 0.2) is 24.3 Å². The molecule has 0 saturated carbocycles. The van der Waals surface area contributed by atoms with Gasteiger partial charge < -0.3 is 5.11 Å². The average Bonchev–Trinajstić information content (AvgIpc) is 2.34. The Labute approximate surface area is 55.7 Å². The van der Waals surface area contributed by atoms with E-state index in [1.807, 2.05) is 0 Å². The van der Waals surface area contributed by atoms with Crippen LogP contribution in [0.3, 0.4) is 0 Å². The molecule has 0 aromatic rings. The smallest absolute Gasteiger partial charge is 0.0431 e. The topological polar surface area (TPSA) is 20.2 Å². The Morgan fingerprint density at radius 2 is 1.89 bits per heavy atom. The molecular formula is C8H12O. The fraction of sp³-hybridized carbons (Fsp3) is 0.500. The zero-order chi connectivity index (χ0) is 6.53. The predicted molar refractivity (Wildman–Crippen MR) is 38.1 cm³/mol. The van der Waals surface area contributed by atoms with Crippen LogP contribution < -0.4 is 0 Å². The lowest BCUT2D eigenvalue weighted by Gasteiger charge is -2.00. The van der Waals surface area contributed by atoms with E-state index in [1.165, 1.54) is 0 Å². The maximum atomic E-state index is 8.48. The molecule has 1 rings (SSSR count). The lowest BCUT2D eigenvalue weighted by Crippen LogP contribution is -1.91. The molecule has 0 fully saturated rings. The third-order valence-electron chi connectivity index (χ3n) is 1.52. The Bertz CT molecular complexity index is 113. The van der Waals surface area contributed by atoms with Gasteiger partial charge in [0.05, 0.1) is 0 Å². The number of hydrogen-bond acceptors (Lipinski definition) is 1. The molecule has 9 heavy (non-hydrogen) atoms. The van der Waals surface area contributed by atoms with Gasteiger partial charge in [-0.15, -0.1) is 0 Å². The van der Waals surface area contributed by atoms with E-state index >= 15 is 0 Å². The Morgan fingerprint density at radius 3 is 2.44 bits per heavy atom. The zero-order valence-electron chi connectivity index (χ0n) is 5.46. The first-order valence-corrected chi connectivity index (χ1v) is 3.39. The standard InChI is InChI=1S/C8H12O/c9-7-3-6-8-4-1-2-5-8/h1-2,4-5,8-9H,3,6-7H2. The van der Waals surface area contributed by atoms with E-state index in [4.69, 9.17) is 5.11 Å². The van der Waals surface area contributed by atoms with Gasteiger partial charge in [0.1, 0.15) is 0 Å². The second-order valence-corrected chi connectivity index (χ2v) is 2.30. The minimum atomic E-state index is 0.318. The molecule has 1 aliphatic carbocycles. The van der Waals surface area contributed by atoms with Gasteiger partial charge in [0.15, 0.2) is 0 Å². The number of aliphatic hydroxyl groups is 1. The van der Waals surface area contributed by atoms with Gasteiger partial charge in [-0.2, -0.15) is 0 Å². The van der Waals surface area contributed by atoms with Crippen LogP contribution in [0.25, 0.3) is 0 Å². The van der Waals surface area contributed by atoms with E-state index in [0.717, 1.165) is 12.8 Å². The lowest BCUT2D eigenvalue weighted by molar-refractivity contribution is 0.281. The number of hydrogen-bond donors (Lipinski definition) is 1. The Hall–Kier alpha value is -0.560. The van der Waals surface area contributed by atoms with E-state index in [9.17, 15) is 0 Å². The number of aliphatic hydroxyl groups excluding tert-OH is 1. The molecule has 0 amide bonds. The molecule has 50 valence electrons. The largest absolute Gasteiger partial charge is 0.396 e. The molecule has 0 spiro atoms. The molecule has 0 bridgehead atoms. The van der Waals surface area contributed by atoms with E-state index in [1.54, 1.807) is 0 Å². The van der Waals surface area contributed by atoms with Gasteiger partial charge in [0.2, 0.25) is 0 Å². The van der Waals surface area contributed by atoms with Crippen molar-refractivity contribution in [2.45, 2.75) is 12.8 Å². The van der Waals surface area contributed by atoms with Crippen LogP contribution >= 0.6 is 0 Å². The van der Waals surface area contributed by atoms with Gasteiger partial charge in [0, 0.05) is 6.61 Å². The van der Waals surface area contributed by atoms with E-state index in [2.05, 4.69) is 24.3 Å². The van der Waals surface area contributed by atoms with Gasteiger partial charge in [-0.05, 0) is 18.8 Å². The van der Waals surface area contributed by atoms with Crippen molar-refractivity contribution in [2.75, 3.05) is 6.61 Å². The second kappa shape index (κ2) is 3.46. The summed E-state index contributed by atoms with van der Waals surface area (Å²) in [4.78, 5) is 0. The monoisotopic (exact) mass is 124 g/mol. The second-order valence-electron chi connectivity index (χ2n) is 2.30. The van der Waals surface area contributed by atoms with Crippen molar-refractivity contribution >= 4 is 0 Å². The molecule has 1 heteroatoms. The quantitative estimate of drug-likeness (QED) is 0.604. The SMILES string of the molecule is OCCCC1C=CC=C1. The summed E-state index contributed by atoms with van der Waals surface area (Å²) in [6.45, 7) is 0.318. The van der Waals surface area contributed by atoms with Crippen molar-refractivity contribution in [2.24, 2.45) is 5.92 Å². The summed E-state index contributed by atoms with van der Waals surface area (Å²) < 4.78 is 0. The van der Waals surface area contributed by atoms with Crippen molar-refractivity contribution in [3.63, 3.8) is 0 Å². The summed E-state index contributed by atoms with van der Waals surface area (Å²) in [6.07, 6.45) is 10.4. The molecule has 0 aliphatic heterocycles. The Kier molecular flexibility index (Phi) is 2.52. The summed E-state index contributed by atoms with van der Waals surface area (Å²) in [5.74, 6) is 0.595. The minimum absolute atomic E-state index is 0.318. The molecule has 1 N–H and O–H groups in total. The van der Waals surface area contributed by atoms with Gasteiger partial charge >= 0.3 is 0 Å². The molecule has 0 aromatic heterocycles. The molecule has 0 radical (unpaired) electrons. The fourth-order valence-corrected chi connectivity index (χ4v) is 0.997. The van der Waals surface area contributed by atoms with Crippen LogP contribution in [0.1, 0.15) is 12.8 Å². The highest BCUT2D eigenvalue weighted by Gasteiger charge is 2.00. The normalized spacial score (nSPS) is 17.4. The van der Waals surface area contributed by atoms with Gasteiger partial charge in [-0.3, -0.25) is 0 Å². The number of rotatable bonds is 3. The van der Waals surface area contributed by atoms with E-state index in [-0.39, 0.29) is 0 Å². The molecule has 0 unspecified atom stereocenters. The molecule has 1 nitrogen and oxygen atoms in total. The molecule has 0 atom stereocenters. The summed E-state index contributed by atoms with van der Waals surface area (Å²) in [7, 11) is 0. The van der Waals surface area contributed by atoms with Crippen LogP contribution in [-0.4, -0.2) is 11.7 Å². The van der Waals surface area contributed by atoms with Crippen LogP contribution in [0.5, 0.6) is 0 Å². The van der Waals surface area contributed by atoms with Crippen molar-refractivity contribution < 1.29 is 5.11 Å².